The van der Waals surface area contributed by atoms with Gasteiger partial charge < -0.3 is 15.5 Å². The van der Waals surface area contributed by atoms with Gasteiger partial charge in [-0.25, -0.2) is 0 Å². The minimum absolute atomic E-state index is 0. The van der Waals surface area contributed by atoms with Crippen molar-refractivity contribution in [1.82, 2.24) is 25.3 Å². The van der Waals surface area contributed by atoms with E-state index in [1.54, 1.807) is 6.92 Å². The smallest absolute Gasteiger partial charge is 0.219 e. The fraction of sp³-hybridized carbons (Fsp3) is 0.895. The van der Waals surface area contributed by atoms with Crippen LogP contribution in [0.4, 0.5) is 0 Å². The number of nitrogens with zero attached hydrogens (tertiary/aromatic N) is 4. The van der Waals surface area contributed by atoms with Crippen LogP contribution >= 0.6 is 24.0 Å². The van der Waals surface area contributed by atoms with E-state index in [-0.39, 0.29) is 29.9 Å². The van der Waals surface area contributed by atoms with Crippen LogP contribution in [0.15, 0.2) is 4.99 Å². The van der Waals surface area contributed by atoms with E-state index >= 15 is 0 Å². The first-order chi connectivity index (χ1) is 12.3. The molecule has 1 heterocycles. The summed E-state index contributed by atoms with van der Waals surface area (Å²) in [5.41, 5.74) is 0. The standard InChI is InChI=1S/C19H40N6O.HI/c1-7-20-19(22-9-11-25(16(2)3)17(4)5)21-8-10-23-12-14-24(15-13-23)18(6)26;/h16-17H,7-15H2,1-6H3,(H2,20,21,22);1H. The molecule has 27 heavy (non-hydrogen) atoms. The summed E-state index contributed by atoms with van der Waals surface area (Å²) in [5.74, 6) is 1.07. The zero-order valence-corrected chi connectivity index (χ0v) is 20.5. The third kappa shape index (κ3) is 10.5. The van der Waals surface area contributed by atoms with Crippen LogP contribution in [0.3, 0.4) is 0 Å². The minimum atomic E-state index is 0. The van der Waals surface area contributed by atoms with Crippen molar-refractivity contribution in [2.45, 2.75) is 53.6 Å². The van der Waals surface area contributed by atoms with Crippen molar-refractivity contribution in [3.63, 3.8) is 0 Å². The van der Waals surface area contributed by atoms with E-state index in [2.05, 4.69) is 55.1 Å². The first-order valence-electron chi connectivity index (χ1n) is 10.1. The summed E-state index contributed by atoms with van der Waals surface area (Å²) in [7, 11) is 0. The summed E-state index contributed by atoms with van der Waals surface area (Å²) in [6, 6.07) is 1.09. The van der Waals surface area contributed by atoms with E-state index in [1.807, 2.05) is 4.90 Å². The molecule has 1 aliphatic heterocycles. The minimum Gasteiger partial charge on any atom is -0.357 e. The molecule has 7 nitrogen and oxygen atoms in total. The van der Waals surface area contributed by atoms with Gasteiger partial charge in [0.1, 0.15) is 0 Å². The third-order valence-electron chi connectivity index (χ3n) is 4.84. The van der Waals surface area contributed by atoms with E-state index in [0.29, 0.717) is 12.1 Å². The molecule has 0 aromatic carbocycles. The number of hydrogen-bond acceptors (Lipinski definition) is 4. The molecule has 0 spiro atoms. The van der Waals surface area contributed by atoms with Crippen LogP contribution in [0.2, 0.25) is 0 Å². The van der Waals surface area contributed by atoms with Crippen molar-refractivity contribution in [2.24, 2.45) is 4.99 Å². The summed E-state index contributed by atoms with van der Waals surface area (Å²) in [6.07, 6.45) is 0. The zero-order chi connectivity index (χ0) is 19.5. The Morgan fingerprint density at radius 1 is 1.07 bits per heavy atom. The van der Waals surface area contributed by atoms with E-state index in [4.69, 9.17) is 4.99 Å². The Morgan fingerprint density at radius 2 is 1.67 bits per heavy atom. The lowest BCUT2D eigenvalue weighted by Gasteiger charge is -2.33. The van der Waals surface area contributed by atoms with Gasteiger partial charge in [-0.15, -0.1) is 24.0 Å². The Hall–Kier alpha value is -0.610. The number of nitrogens with one attached hydrogen (secondary N) is 2. The van der Waals surface area contributed by atoms with Gasteiger partial charge in [-0.1, -0.05) is 0 Å². The quantitative estimate of drug-likeness (QED) is 0.288. The highest BCUT2D eigenvalue weighted by Crippen LogP contribution is 2.03. The average molecular weight is 496 g/mol. The molecule has 0 bridgehead atoms. The summed E-state index contributed by atoms with van der Waals surface area (Å²) >= 11 is 0. The molecule has 160 valence electrons. The highest BCUT2D eigenvalue weighted by Gasteiger charge is 2.18. The van der Waals surface area contributed by atoms with Crippen molar-refractivity contribution < 1.29 is 4.79 Å². The largest absolute Gasteiger partial charge is 0.357 e. The topological polar surface area (TPSA) is 63.2 Å². The number of guanidine groups is 1. The van der Waals surface area contributed by atoms with Crippen molar-refractivity contribution >= 4 is 35.8 Å². The molecule has 8 heteroatoms. The molecule has 0 unspecified atom stereocenters. The van der Waals surface area contributed by atoms with Gasteiger partial charge in [0, 0.05) is 71.4 Å². The number of aliphatic imine (C=N–C) groups is 1. The van der Waals surface area contributed by atoms with Crippen LogP contribution < -0.4 is 10.6 Å². The fourth-order valence-electron chi connectivity index (χ4n) is 3.35. The van der Waals surface area contributed by atoms with Crippen LogP contribution in [-0.4, -0.2) is 97.6 Å². The van der Waals surface area contributed by atoms with Gasteiger partial charge in [0.2, 0.25) is 5.91 Å². The normalized spacial score (nSPS) is 16.0. The highest BCUT2D eigenvalue weighted by atomic mass is 127. The molecule has 0 aliphatic carbocycles. The van der Waals surface area contributed by atoms with Crippen molar-refractivity contribution in [2.75, 3.05) is 58.9 Å². The second-order valence-corrected chi connectivity index (χ2v) is 7.46. The summed E-state index contributed by atoms with van der Waals surface area (Å²) in [4.78, 5) is 22.9. The zero-order valence-electron chi connectivity index (χ0n) is 18.1. The second kappa shape index (κ2) is 14.4. The van der Waals surface area contributed by atoms with Crippen LogP contribution in [0.25, 0.3) is 0 Å². The predicted octanol–water partition coefficient (Wildman–Crippen LogP) is 1.44. The Bertz CT molecular complexity index is 428. The number of rotatable bonds is 9. The Labute approximate surface area is 183 Å². The average Bonchev–Trinajstić information content (AvgIpc) is 2.58. The molecule has 0 aromatic heterocycles. The van der Waals surface area contributed by atoms with Crippen LogP contribution in [-0.2, 0) is 4.79 Å². The molecule has 1 saturated heterocycles. The Morgan fingerprint density at radius 3 is 2.15 bits per heavy atom. The van der Waals surface area contributed by atoms with Crippen molar-refractivity contribution in [3.8, 4) is 0 Å². The molecular formula is C19H41IN6O. The Balaban J connectivity index is 0.00000676. The summed E-state index contributed by atoms with van der Waals surface area (Å²) in [6.45, 7) is 20.7. The number of amides is 1. The maximum atomic E-state index is 11.4. The number of piperazine rings is 1. The van der Waals surface area contributed by atoms with E-state index in [1.165, 1.54) is 0 Å². The molecule has 1 fully saturated rings. The van der Waals surface area contributed by atoms with Gasteiger partial charge >= 0.3 is 0 Å². The number of carbonyl (C=O) groups excluding carboxylic acids is 1. The lowest BCUT2D eigenvalue weighted by molar-refractivity contribution is -0.130. The second-order valence-electron chi connectivity index (χ2n) is 7.46. The molecule has 1 amide bonds. The fourth-order valence-corrected chi connectivity index (χ4v) is 3.35. The Kier molecular flexibility index (Phi) is 14.1. The molecule has 0 atom stereocenters. The molecule has 0 aromatic rings. The van der Waals surface area contributed by atoms with Crippen LogP contribution in [0, 0.1) is 0 Å². The lowest BCUT2D eigenvalue weighted by Crippen LogP contribution is -2.48. The van der Waals surface area contributed by atoms with Gasteiger partial charge in [0.05, 0.1) is 6.54 Å². The molecule has 2 N–H and O–H groups in total. The van der Waals surface area contributed by atoms with Gasteiger partial charge in [-0.3, -0.25) is 19.6 Å². The number of hydrogen-bond donors (Lipinski definition) is 2. The number of carbonyl (C=O) groups is 1. The van der Waals surface area contributed by atoms with Crippen molar-refractivity contribution in [3.05, 3.63) is 0 Å². The molecule has 0 radical (unpaired) electrons. The lowest BCUT2D eigenvalue weighted by atomic mass is 10.2. The highest BCUT2D eigenvalue weighted by molar-refractivity contribution is 14.0. The maximum absolute atomic E-state index is 11.4. The predicted molar refractivity (Wildman–Crippen MR) is 125 cm³/mol. The summed E-state index contributed by atoms with van der Waals surface area (Å²) < 4.78 is 0. The third-order valence-corrected chi connectivity index (χ3v) is 4.84. The molecular weight excluding hydrogens is 455 g/mol. The van der Waals surface area contributed by atoms with Crippen LogP contribution in [0.5, 0.6) is 0 Å². The molecule has 1 aliphatic rings. The molecule has 0 saturated carbocycles. The van der Waals surface area contributed by atoms with Crippen molar-refractivity contribution in [1.29, 1.82) is 0 Å². The first kappa shape index (κ1) is 26.4. The van der Waals surface area contributed by atoms with E-state index in [0.717, 1.165) is 64.9 Å². The van der Waals surface area contributed by atoms with Gasteiger partial charge in [0.25, 0.3) is 0 Å². The van der Waals surface area contributed by atoms with E-state index < -0.39 is 0 Å². The van der Waals surface area contributed by atoms with Gasteiger partial charge in [0.15, 0.2) is 5.96 Å². The number of halogens is 1. The van der Waals surface area contributed by atoms with Gasteiger partial charge in [-0.05, 0) is 34.6 Å². The SMILES string of the molecule is CCNC(=NCCN1CCN(C(C)=O)CC1)NCCN(C(C)C)C(C)C.I. The first-order valence-corrected chi connectivity index (χ1v) is 10.1. The van der Waals surface area contributed by atoms with Gasteiger partial charge in [-0.2, -0.15) is 0 Å². The van der Waals surface area contributed by atoms with Crippen LogP contribution in [0.1, 0.15) is 41.5 Å². The van der Waals surface area contributed by atoms with E-state index in [9.17, 15) is 4.79 Å². The monoisotopic (exact) mass is 496 g/mol. The molecule has 1 rings (SSSR count). The maximum Gasteiger partial charge on any atom is 0.219 e. The summed E-state index contributed by atoms with van der Waals surface area (Å²) in [5, 5.41) is 6.77.